The molecule has 1 heterocycles. The van der Waals surface area contributed by atoms with Crippen molar-refractivity contribution in [3.05, 3.63) is 35.4 Å². The molecule has 7 heteroatoms. The number of aldehydes is 1. The summed E-state index contributed by atoms with van der Waals surface area (Å²) in [6.07, 6.45) is -1.45. The number of piperazine rings is 1. The highest BCUT2D eigenvalue weighted by atomic mass is 16.4. The summed E-state index contributed by atoms with van der Waals surface area (Å²) < 4.78 is 0. The van der Waals surface area contributed by atoms with Crippen LogP contribution in [-0.2, 0) is 0 Å². The molecular weight excluding hydrogens is 264 g/mol. The van der Waals surface area contributed by atoms with Crippen LogP contribution in [0.5, 0.6) is 0 Å². The van der Waals surface area contributed by atoms with Crippen molar-refractivity contribution in [2.24, 2.45) is 0 Å². The van der Waals surface area contributed by atoms with E-state index in [-0.39, 0.29) is 19.6 Å². The Morgan fingerprint density at radius 3 is 2.25 bits per heavy atom. The van der Waals surface area contributed by atoms with Crippen molar-refractivity contribution in [3.8, 4) is 0 Å². The van der Waals surface area contributed by atoms with E-state index in [0.717, 1.165) is 0 Å². The smallest absolute Gasteiger partial charge is 0.407 e. The molecule has 1 aliphatic heterocycles. The molecule has 1 atom stereocenters. The van der Waals surface area contributed by atoms with Gasteiger partial charge in [-0.05, 0) is 5.56 Å². The fourth-order valence-corrected chi connectivity index (χ4v) is 2.27. The molecule has 2 rings (SSSR count). The second-order valence-electron chi connectivity index (χ2n) is 4.50. The van der Waals surface area contributed by atoms with Gasteiger partial charge in [-0.3, -0.25) is 9.69 Å². The molecule has 2 amide bonds. The number of hydrogen-bond acceptors (Lipinski definition) is 3. The van der Waals surface area contributed by atoms with Crippen LogP contribution in [0.1, 0.15) is 22.0 Å². The lowest BCUT2D eigenvalue weighted by atomic mass is 10.0. The van der Waals surface area contributed by atoms with Gasteiger partial charge in [0.05, 0.1) is 6.04 Å². The summed E-state index contributed by atoms with van der Waals surface area (Å²) in [7, 11) is 0. The topological polar surface area (TPSA) is 98.2 Å². The monoisotopic (exact) mass is 278 g/mol. The molecule has 1 unspecified atom stereocenters. The van der Waals surface area contributed by atoms with Crippen molar-refractivity contribution in [1.29, 1.82) is 0 Å². The van der Waals surface area contributed by atoms with Gasteiger partial charge in [0, 0.05) is 25.2 Å². The number of rotatable bonds is 2. The number of carboxylic acid groups (broad SMARTS) is 2. The van der Waals surface area contributed by atoms with Crippen molar-refractivity contribution < 1.29 is 24.6 Å². The molecule has 2 N–H and O–H groups in total. The molecule has 0 aliphatic carbocycles. The van der Waals surface area contributed by atoms with Gasteiger partial charge in [0.15, 0.2) is 0 Å². The first kappa shape index (κ1) is 13.9. The lowest BCUT2D eigenvalue weighted by molar-refractivity contribution is 0.0635. The second-order valence-corrected chi connectivity index (χ2v) is 4.50. The van der Waals surface area contributed by atoms with Crippen LogP contribution < -0.4 is 0 Å². The van der Waals surface area contributed by atoms with Crippen LogP contribution in [0, 0.1) is 0 Å². The van der Waals surface area contributed by atoms with Gasteiger partial charge in [0.25, 0.3) is 0 Å². The van der Waals surface area contributed by atoms with Crippen LogP contribution in [0.4, 0.5) is 9.59 Å². The Labute approximate surface area is 115 Å². The highest BCUT2D eigenvalue weighted by molar-refractivity contribution is 5.74. The molecule has 1 aromatic carbocycles. The van der Waals surface area contributed by atoms with Crippen molar-refractivity contribution in [2.75, 3.05) is 19.6 Å². The summed E-state index contributed by atoms with van der Waals surface area (Å²) in [5.74, 6) is 0. The van der Waals surface area contributed by atoms with Gasteiger partial charge in [0.2, 0.25) is 0 Å². The van der Waals surface area contributed by atoms with Gasteiger partial charge in [-0.2, -0.15) is 0 Å². The van der Waals surface area contributed by atoms with E-state index in [2.05, 4.69) is 0 Å². The van der Waals surface area contributed by atoms with Crippen LogP contribution in [0.15, 0.2) is 24.3 Å². The zero-order valence-electron chi connectivity index (χ0n) is 10.6. The molecule has 1 aliphatic rings. The Morgan fingerprint density at radius 2 is 1.75 bits per heavy atom. The SMILES string of the molecule is O=Cc1ccc(C2CN(C(=O)O)CCN2C(=O)O)cc1. The van der Waals surface area contributed by atoms with E-state index in [9.17, 15) is 19.5 Å². The van der Waals surface area contributed by atoms with Crippen LogP contribution in [-0.4, -0.2) is 58.1 Å². The molecule has 1 saturated heterocycles. The minimum absolute atomic E-state index is 0.0854. The Hall–Kier alpha value is -2.57. The number of amides is 2. The lowest BCUT2D eigenvalue weighted by Crippen LogP contribution is -2.51. The highest BCUT2D eigenvalue weighted by Gasteiger charge is 2.33. The standard InChI is InChI=1S/C13H14N2O5/c16-8-9-1-3-10(4-2-9)11-7-14(12(17)18)5-6-15(11)13(19)20/h1-4,8,11H,5-7H2,(H,17,18)(H,19,20). The maximum atomic E-state index is 11.2. The van der Waals surface area contributed by atoms with Gasteiger partial charge in [0.1, 0.15) is 6.29 Å². The summed E-state index contributed by atoms with van der Waals surface area (Å²) in [6, 6.07) is 5.91. The Balaban J connectivity index is 2.28. The van der Waals surface area contributed by atoms with E-state index in [1.54, 1.807) is 24.3 Å². The summed E-state index contributed by atoms with van der Waals surface area (Å²) in [5, 5.41) is 18.2. The fraction of sp³-hybridized carbons (Fsp3) is 0.308. The maximum Gasteiger partial charge on any atom is 0.407 e. The van der Waals surface area contributed by atoms with Crippen LogP contribution >= 0.6 is 0 Å². The first-order chi connectivity index (χ1) is 9.52. The third-order valence-corrected chi connectivity index (χ3v) is 3.35. The van der Waals surface area contributed by atoms with E-state index in [1.165, 1.54) is 9.80 Å². The van der Waals surface area contributed by atoms with E-state index < -0.39 is 18.2 Å². The van der Waals surface area contributed by atoms with Crippen LogP contribution in [0.3, 0.4) is 0 Å². The van der Waals surface area contributed by atoms with Gasteiger partial charge >= 0.3 is 12.2 Å². The largest absolute Gasteiger partial charge is 0.465 e. The minimum Gasteiger partial charge on any atom is -0.465 e. The molecule has 1 fully saturated rings. The molecule has 0 saturated carbocycles. The summed E-state index contributed by atoms with van der Waals surface area (Å²) in [4.78, 5) is 35.3. The maximum absolute atomic E-state index is 11.2. The van der Waals surface area contributed by atoms with Crippen molar-refractivity contribution >= 4 is 18.5 Å². The van der Waals surface area contributed by atoms with Gasteiger partial charge in [-0.25, -0.2) is 9.59 Å². The number of carbonyl (C=O) groups is 3. The Morgan fingerprint density at radius 1 is 1.10 bits per heavy atom. The third-order valence-electron chi connectivity index (χ3n) is 3.35. The zero-order chi connectivity index (χ0) is 14.7. The molecule has 0 spiro atoms. The Kier molecular flexibility index (Phi) is 3.88. The zero-order valence-corrected chi connectivity index (χ0v) is 10.6. The molecule has 0 aromatic heterocycles. The predicted molar refractivity (Wildman–Crippen MR) is 68.9 cm³/mol. The average molecular weight is 278 g/mol. The molecule has 1 aromatic rings. The van der Waals surface area contributed by atoms with E-state index in [1.807, 2.05) is 0 Å². The van der Waals surface area contributed by atoms with Gasteiger partial charge < -0.3 is 15.1 Å². The van der Waals surface area contributed by atoms with E-state index >= 15 is 0 Å². The van der Waals surface area contributed by atoms with Gasteiger partial charge in [-0.15, -0.1) is 0 Å². The number of carbonyl (C=O) groups excluding carboxylic acids is 1. The van der Waals surface area contributed by atoms with Crippen molar-refractivity contribution in [3.63, 3.8) is 0 Å². The molecule has 106 valence electrons. The molecule has 20 heavy (non-hydrogen) atoms. The van der Waals surface area contributed by atoms with E-state index in [4.69, 9.17) is 5.11 Å². The first-order valence-electron chi connectivity index (χ1n) is 6.05. The lowest BCUT2D eigenvalue weighted by Gasteiger charge is -2.38. The van der Waals surface area contributed by atoms with Crippen LogP contribution in [0.2, 0.25) is 0 Å². The van der Waals surface area contributed by atoms with Crippen molar-refractivity contribution in [1.82, 2.24) is 9.80 Å². The second kappa shape index (κ2) is 5.60. The molecular formula is C13H14N2O5. The number of hydrogen-bond donors (Lipinski definition) is 2. The first-order valence-corrected chi connectivity index (χ1v) is 6.05. The number of nitrogens with zero attached hydrogens (tertiary/aromatic N) is 2. The molecule has 0 bridgehead atoms. The highest BCUT2D eigenvalue weighted by Crippen LogP contribution is 2.25. The molecule has 0 radical (unpaired) electrons. The predicted octanol–water partition coefficient (Wildman–Crippen LogP) is 1.51. The van der Waals surface area contributed by atoms with Crippen LogP contribution in [0.25, 0.3) is 0 Å². The van der Waals surface area contributed by atoms with E-state index in [0.29, 0.717) is 17.4 Å². The third kappa shape index (κ3) is 2.71. The summed E-state index contributed by atoms with van der Waals surface area (Å²) in [6.45, 7) is 0.369. The Bertz CT molecular complexity index is 528. The van der Waals surface area contributed by atoms with Gasteiger partial charge in [-0.1, -0.05) is 24.3 Å². The summed E-state index contributed by atoms with van der Waals surface area (Å²) in [5.41, 5.74) is 1.16. The fourth-order valence-electron chi connectivity index (χ4n) is 2.27. The average Bonchev–Trinajstić information content (AvgIpc) is 2.46. The number of benzene rings is 1. The normalized spacial score (nSPS) is 18.7. The quantitative estimate of drug-likeness (QED) is 0.799. The van der Waals surface area contributed by atoms with Crippen molar-refractivity contribution in [2.45, 2.75) is 6.04 Å². The minimum atomic E-state index is -1.08. The summed E-state index contributed by atoms with van der Waals surface area (Å²) >= 11 is 0. The molecule has 7 nitrogen and oxygen atoms in total.